The van der Waals surface area contributed by atoms with E-state index in [1.807, 2.05) is 61.5 Å². The van der Waals surface area contributed by atoms with Crippen LogP contribution in [-0.4, -0.2) is 27.2 Å². The SMILES string of the molecule is Cc1ccccc1NC(=O)CSc1nc(-c2ccccc2)nc2c1COC(C)(C)C2. The van der Waals surface area contributed by atoms with Gasteiger partial charge < -0.3 is 10.1 Å². The van der Waals surface area contributed by atoms with Gasteiger partial charge in [-0.15, -0.1) is 0 Å². The third-order valence-electron chi connectivity index (χ3n) is 5.05. The summed E-state index contributed by atoms with van der Waals surface area (Å²) in [6.45, 7) is 6.58. The van der Waals surface area contributed by atoms with Crippen molar-refractivity contribution in [3.8, 4) is 11.4 Å². The third kappa shape index (κ3) is 4.71. The van der Waals surface area contributed by atoms with Crippen LogP contribution >= 0.6 is 11.8 Å². The van der Waals surface area contributed by atoms with Crippen molar-refractivity contribution in [3.63, 3.8) is 0 Å². The highest BCUT2D eigenvalue weighted by Crippen LogP contribution is 2.34. The molecule has 1 aliphatic heterocycles. The van der Waals surface area contributed by atoms with Gasteiger partial charge in [0.25, 0.3) is 0 Å². The number of hydrogen-bond acceptors (Lipinski definition) is 5. The summed E-state index contributed by atoms with van der Waals surface area (Å²) in [6.07, 6.45) is 0.716. The summed E-state index contributed by atoms with van der Waals surface area (Å²) in [4.78, 5) is 22.2. The first-order valence-electron chi connectivity index (χ1n) is 9.99. The van der Waals surface area contributed by atoms with E-state index in [2.05, 4.69) is 19.2 Å². The zero-order chi connectivity index (χ0) is 21.1. The summed E-state index contributed by atoms with van der Waals surface area (Å²) in [5, 5.41) is 3.80. The minimum Gasteiger partial charge on any atom is -0.370 e. The van der Waals surface area contributed by atoms with Gasteiger partial charge in [-0.05, 0) is 32.4 Å². The third-order valence-corrected chi connectivity index (χ3v) is 6.06. The molecule has 0 atom stereocenters. The zero-order valence-corrected chi connectivity index (χ0v) is 18.3. The van der Waals surface area contributed by atoms with Crippen molar-refractivity contribution in [2.75, 3.05) is 11.1 Å². The second-order valence-electron chi connectivity index (χ2n) is 8.02. The van der Waals surface area contributed by atoms with Crippen LogP contribution < -0.4 is 5.32 Å². The number of carbonyl (C=O) groups excluding carboxylic acids is 1. The van der Waals surface area contributed by atoms with Crippen LogP contribution in [0.5, 0.6) is 0 Å². The van der Waals surface area contributed by atoms with Crippen molar-refractivity contribution in [1.29, 1.82) is 0 Å². The van der Waals surface area contributed by atoms with Gasteiger partial charge in [0, 0.05) is 23.2 Å². The lowest BCUT2D eigenvalue weighted by atomic mass is 9.96. The standard InChI is InChI=1S/C24H25N3O2S/c1-16-9-7-8-12-19(16)25-21(28)15-30-23-18-14-29-24(2,3)13-20(18)26-22(27-23)17-10-5-4-6-11-17/h4-12H,13-15H2,1-3H3,(H,25,28). The molecule has 0 aliphatic carbocycles. The molecule has 3 aromatic rings. The van der Waals surface area contributed by atoms with Gasteiger partial charge in [-0.3, -0.25) is 4.79 Å². The maximum absolute atomic E-state index is 12.6. The molecule has 1 aromatic heterocycles. The molecule has 0 fully saturated rings. The Labute approximate surface area is 181 Å². The van der Waals surface area contributed by atoms with Crippen LogP contribution in [0.1, 0.15) is 30.7 Å². The molecule has 1 N–H and O–H groups in total. The topological polar surface area (TPSA) is 64.1 Å². The highest BCUT2D eigenvalue weighted by molar-refractivity contribution is 8.00. The zero-order valence-electron chi connectivity index (χ0n) is 17.4. The number of para-hydroxylation sites is 1. The minimum atomic E-state index is -0.264. The fourth-order valence-electron chi connectivity index (χ4n) is 3.39. The van der Waals surface area contributed by atoms with Gasteiger partial charge in [0.05, 0.1) is 23.7 Å². The highest BCUT2D eigenvalue weighted by atomic mass is 32.2. The first kappa shape index (κ1) is 20.6. The number of nitrogens with zero attached hydrogens (tertiary/aromatic N) is 2. The van der Waals surface area contributed by atoms with E-state index in [0.29, 0.717) is 18.9 Å². The second kappa shape index (κ2) is 8.58. The van der Waals surface area contributed by atoms with Crippen molar-refractivity contribution < 1.29 is 9.53 Å². The molecule has 1 aliphatic rings. The van der Waals surface area contributed by atoms with Gasteiger partial charge in [-0.1, -0.05) is 60.3 Å². The average molecular weight is 420 g/mol. The molecular formula is C24H25N3O2S. The number of amides is 1. The van der Waals surface area contributed by atoms with Gasteiger partial charge in [0.15, 0.2) is 5.82 Å². The number of aromatic nitrogens is 2. The van der Waals surface area contributed by atoms with Crippen LogP contribution in [0.15, 0.2) is 59.6 Å². The lowest BCUT2D eigenvalue weighted by Crippen LogP contribution is -2.33. The van der Waals surface area contributed by atoms with Crippen molar-refractivity contribution in [2.45, 2.75) is 44.4 Å². The number of nitrogens with one attached hydrogen (secondary N) is 1. The molecule has 0 unspecified atom stereocenters. The molecule has 0 bridgehead atoms. The highest BCUT2D eigenvalue weighted by Gasteiger charge is 2.30. The van der Waals surface area contributed by atoms with E-state index in [1.165, 1.54) is 11.8 Å². The number of hydrogen-bond donors (Lipinski definition) is 1. The minimum absolute atomic E-state index is 0.0556. The Bertz CT molecular complexity index is 1070. The molecular weight excluding hydrogens is 394 g/mol. The molecule has 6 heteroatoms. The number of anilines is 1. The molecule has 154 valence electrons. The van der Waals surface area contributed by atoms with Crippen LogP contribution in [0.3, 0.4) is 0 Å². The predicted molar refractivity (Wildman–Crippen MR) is 121 cm³/mol. The first-order chi connectivity index (χ1) is 14.4. The van der Waals surface area contributed by atoms with E-state index in [9.17, 15) is 4.79 Å². The summed E-state index contributed by atoms with van der Waals surface area (Å²) < 4.78 is 6.00. The molecule has 30 heavy (non-hydrogen) atoms. The lowest BCUT2D eigenvalue weighted by Gasteiger charge is -2.32. The number of aryl methyl sites for hydroxylation is 1. The van der Waals surface area contributed by atoms with E-state index in [-0.39, 0.29) is 17.3 Å². The Hall–Kier alpha value is -2.70. The maximum Gasteiger partial charge on any atom is 0.234 e. The van der Waals surface area contributed by atoms with Gasteiger partial charge in [0.2, 0.25) is 5.91 Å². The number of fused-ring (bicyclic) bond motifs is 1. The molecule has 4 rings (SSSR count). The van der Waals surface area contributed by atoms with Crippen LogP contribution in [0.4, 0.5) is 5.69 Å². The predicted octanol–water partition coefficient (Wildman–Crippen LogP) is 5.03. The van der Waals surface area contributed by atoms with Gasteiger partial charge in [0.1, 0.15) is 5.03 Å². The fourth-order valence-corrected chi connectivity index (χ4v) is 4.23. The van der Waals surface area contributed by atoms with Gasteiger partial charge in [-0.25, -0.2) is 9.97 Å². The Morgan fingerprint density at radius 2 is 1.83 bits per heavy atom. The molecule has 5 nitrogen and oxygen atoms in total. The van der Waals surface area contributed by atoms with E-state index >= 15 is 0 Å². The molecule has 0 saturated carbocycles. The largest absolute Gasteiger partial charge is 0.370 e. The Balaban J connectivity index is 1.59. The van der Waals surface area contributed by atoms with Crippen molar-refractivity contribution >= 4 is 23.4 Å². The monoisotopic (exact) mass is 419 g/mol. The quantitative estimate of drug-likeness (QED) is 0.464. The normalized spacial score (nSPS) is 14.8. The number of ether oxygens (including phenoxy) is 1. The van der Waals surface area contributed by atoms with Gasteiger partial charge >= 0.3 is 0 Å². The summed E-state index contributed by atoms with van der Waals surface area (Å²) in [5.74, 6) is 0.906. The second-order valence-corrected chi connectivity index (χ2v) is 8.98. The number of thioether (sulfide) groups is 1. The smallest absolute Gasteiger partial charge is 0.234 e. The number of benzene rings is 2. The first-order valence-corrected chi connectivity index (χ1v) is 11.0. The van der Waals surface area contributed by atoms with Crippen LogP contribution in [-0.2, 0) is 22.6 Å². The van der Waals surface area contributed by atoms with E-state index in [0.717, 1.165) is 33.1 Å². The van der Waals surface area contributed by atoms with Crippen LogP contribution in [0.25, 0.3) is 11.4 Å². The number of carbonyl (C=O) groups is 1. The molecule has 1 amide bonds. The lowest BCUT2D eigenvalue weighted by molar-refractivity contribution is -0.113. The Morgan fingerprint density at radius 1 is 1.10 bits per heavy atom. The Kier molecular flexibility index (Phi) is 5.88. The summed E-state index contributed by atoms with van der Waals surface area (Å²) in [5.41, 5.74) is 4.57. The summed E-state index contributed by atoms with van der Waals surface area (Å²) >= 11 is 1.43. The summed E-state index contributed by atoms with van der Waals surface area (Å²) in [6, 6.07) is 17.7. The molecule has 0 spiro atoms. The van der Waals surface area contributed by atoms with E-state index < -0.39 is 0 Å². The summed E-state index contributed by atoms with van der Waals surface area (Å²) in [7, 11) is 0. The molecule has 0 radical (unpaired) electrons. The molecule has 2 heterocycles. The van der Waals surface area contributed by atoms with Crippen molar-refractivity contribution in [3.05, 3.63) is 71.4 Å². The number of rotatable bonds is 5. The van der Waals surface area contributed by atoms with Gasteiger partial charge in [-0.2, -0.15) is 0 Å². The van der Waals surface area contributed by atoms with Crippen molar-refractivity contribution in [1.82, 2.24) is 9.97 Å². The average Bonchev–Trinajstić information content (AvgIpc) is 2.73. The van der Waals surface area contributed by atoms with E-state index in [4.69, 9.17) is 14.7 Å². The molecule has 0 saturated heterocycles. The Morgan fingerprint density at radius 3 is 2.60 bits per heavy atom. The molecule has 2 aromatic carbocycles. The van der Waals surface area contributed by atoms with E-state index in [1.54, 1.807) is 0 Å². The fraction of sp³-hybridized carbons (Fsp3) is 0.292. The van der Waals surface area contributed by atoms with Crippen molar-refractivity contribution in [2.24, 2.45) is 0 Å². The maximum atomic E-state index is 12.6. The van der Waals surface area contributed by atoms with Crippen LogP contribution in [0, 0.1) is 6.92 Å². The van der Waals surface area contributed by atoms with Crippen LogP contribution in [0.2, 0.25) is 0 Å².